The molecule has 2 aliphatic carbocycles. The van der Waals surface area contributed by atoms with Crippen molar-refractivity contribution in [3.05, 3.63) is 168 Å². The Morgan fingerprint density at radius 3 is 1.60 bits per heavy atom. The number of rotatable bonds is 2. The van der Waals surface area contributed by atoms with Crippen molar-refractivity contribution >= 4 is 59.7 Å². The molecule has 1 aromatic heterocycles. The van der Waals surface area contributed by atoms with Gasteiger partial charge in [-0.05, 0) is 170 Å². The highest BCUT2D eigenvalue weighted by molar-refractivity contribution is 6.30. The lowest BCUT2D eigenvalue weighted by Crippen LogP contribution is -1.94. The van der Waals surface area contributed by atoms with E-state index in [0.29, 0.717) is 11.4 Å². The van der Waals surface area contributed by atoms with E-state index in [4.69, 9.17) is 6.57 Å². The van der Waals surface area contributed by atoms with Crippen LogP contribution in [0.15, 0.2) is 146 Å². The second-order valence-corrected chi connectivity index (χ2v) is 14.8. The molecule has 0 bridgehead atoms. The molecule has 0 fully saturated rings. The highest BCUT2D eigenvalue weighted by Crippen LogP contribution is 2.57. The van der Waals surface area contributed by atoms with E-state index in [1.165, 1.54) is 98.5 Å². The van der Waals surface area contributed by atoms with Gasteiger partial charge in [0.1, 0.15) is 6.20 Å². The highest BCUT2D eigenvalue weighted by atomic mass is 14.8. The van der Waals surface area contributed by atoms with Crippen LogP contribution >= 0.6 is 0 Å². The monoisotopic (exact) mass is 693 g/mol. The van der Waals surface area contributed by atoms with Gasteiger partial charge in [0.15, 0.2) is 0 Å². The summed E-state index contributed by atoms with van der Waals surface area (Å²) in [6.45, 7) is 9.92. The molecule has 0 atom stereocenters. The lowest BCUT2D eigenvalue weighted by atomic mass is 9.83. The van der Waals surface area contributed by atoms with E-state index in [9.17, 15) is 5.26 Å². The van der Waals surface area contributed by atoms with Gasteiger partial charge in [0.2, 0.25) is 0 Å². The van der Waals surface area contributed by atoms with Crippen LogP contribution in [-0.2, 0) is 0 Å². The first kappa shape index (κ1) is 29.9. The van der Waals surface area contributed by atoms with Crippen molar-refractivity contribution in [1.29, 1.82) is 5.26 Å². The van der Waals surface area contributed by atoms with Crippen LogP contribution in [0, 0.1) is 24.8 Å². The maximum atomic E-state index is 9.78. The zero-order valence-corrected chi connectivity index (χ0v) is 29.7. The van der Waals surface area contributed by atoms with Gasteiger partial charge in [-0.15, -0.1) is 4.98 Å². The summed E-state index contributed by atoms with van der Waals surface area (Å²) in [6, 6.07) is 53.0. The molecule has 0 amide bonds. The molecule has 0 spiro atoms. The topological polar surface area (TPSA) is 41.0 Å². The molecule has 0 N–H and O–H groups in total. The molecule has 0 aliphatic heterocycles. The molecule has 12 rings (SSSR count). The first-order valence-corrected chi connectivity index (χ1v) is 18.5. The van der Waals surface area contributed by atoms with Crippen molar-refractivity contribution in [2.24, 2.45) is 0 Å². The Kier molecular flexibility index (Phi) is 5.84. The van der Waals surface area contributed by atoms with Crippen LogP contribution in [0.2, 0.25) is 0 Å². The minimum atomic E-state index is 0.388. The summed E-state index contributed by atoms with van der Waals surface area (Å²) in [4.78, 5) is 8.08. The fourth-order valence-corrected chi connectivity index (χ4v) is 9.93. The van der Waals surface area contributed by atoms with Crippen molar-refractivity contribution in [3.63, 3.8) is 0 Å². The van der Waals surface area contributed by atoms with Crippen molar-refractivity contribution < 1.29 is 0 Å². The van der Waals surface area contributed by atoms with Crippen molar-refractivity contribution in [2.45, 2.75) is 6.92 Å². The van der Waals surface area contributed by atoms with Crippen LogP contribution in [0.4, 0.5) is 5.82 Å². The van der Waals surface area contributed by atoms with E-state index in [-0.39, 0.29) is 0 Å². The van der Waals surface area contributed by atoms with Crippen molar-refractivity contribution in [2.75, 3.05) is 0 Å². The summed E-state index contributed by atoms with van der Waals surface area (Å²) in [6.07, 6.45) is 1.76. The third-order valence-corrected chi connectivity index (χ3v) is 12.1. The zero-order valence-electron chi connectivity index (χ0n) is 29.7. The summed E-state index contributed by atoms with van der Waals surface area (Å²) < 4.78 is 0. The van der Waals surface area contributed by atoms with Crippen molar-refractivity contribution in [1.82, 2.24) is 4.98 Å². The summed E-state index contributed by atoms with van der Waals surface area (Å²) in [5.41, 5.74) is 16.1. The van der Waals surface area contributed by atoms with Gasteiger partial charge in [0, 0.05) is 0 Å². The smallest absolute Gasteiger partial charge is 0.270 e. The second kappa shape index (κ2) is 10.7. The third kappa shape index (κ3) is 3.89. The number of benzene rings is 9. The molecule has 3 nitrogen and oxygen atoms in total. The lowest BCUT2D eigenvalue weighted by molar-refractivity contribution is 1.36. The number of hydrogen-bond acceptors (Lipinski definition) is 2. The van der Waals surface area contributed by atoms with E-state index in [0.717, 1.165) is 27.6 Å². The molecule has 0 unspecified atom stereocenters. The zero-order chi connectivity index (χ0) is 36.5. The number of pyridine rings is 1. The average molecular weight is 694 g/mol. The molecule has 9 aromatic carbocycles. The Labute approximate surface area is 316 Å². The van der Waals surface area contributed by atoms with Gasteiger partial charge < -0.3 is 4.85 Å². The van der Waals surface area contributed by atoms with Crippen LogP contribution in [0.1, 0.15) is 11.1 Å². The molecule has 55 heavy (non-hydrogen) atoms. The lowest BCUT2D eigenvalue weighted by Gasteiger charge is -2.20. The van der Waals surface area contributed by atoms with Crippen molar-refractivity contribution in [3.8, 4) is 72.8 Å². The number of hydrogen-bond donors (Lipinski definition) is 0. The molecule has 3 heteroatoms. The van der Waals surface area contributed by atoms with Crippen LogP contribution in [0.3, 0.4) is 0 Å². The summed E-state index contributed by atoms with van der Waals surface area (Å²) in [7, 11) is 0. The maximum absolute atomic E-state index is 9.78. The number of aromatic nitrogens is 1. The molecule has 10 aromatic rings. The van der Waals surface area contributed by atoms with E-state index < -0.39 is 0 Å². The van der Waals surface area contributed by atoms with Crippen LogP contribution in [0.25, 0.3) is 125 Å². The normalized spacial score (nSPS) is 12.1. The van der Waals surface area contributed by atoms with Gasteiger partial charge in [-0.1, -0.05) is 110 Å². The number of aryl methyl sites for hydroxylation is 1. The molecule has 0 radical (unpaired) electrons. The van der Waals surface area contributed by atoms with Crippen LogP contribution in [-0.4, -0.2) is 4.98 Å². The van der Waals surface area contributed by atoms with Gasteiger partial charge in [0.05, 0.1) is 11.6 Å². The number of nitriles is 1. The molecule has 0 saturated carbocycles. The van der Waals surface area contributed by atoms with Gasteiger partial charge in [-0.2, -0.15) is 5.26 Å². The van der Waals surface area contributed by atoms with E-state index >= 15 is 0 Å². The predicted octanol–water partition coefficient (Wildman–Crippen LogP) is 14.2. The molecular formula is C52H27N3. The summed E-state index contributed by atoms with van der Waals surface area (Å²) in [5.74, 6) is 0.388. The van der Waals surface area contributed by atoms with E-state index in [1.54, 1.807) is 6.20 Å². The molecule has 2 aliphatic rings. The Bertz CT molecular complexity index is 3510. The SMILES string of the molecule is [C-]#[N+]c1cc(-c2c3c(cc4c2ccc2c5cc6c(c(-c7ccc(C#N)cc7C)c5ccc42)-c2cccc4cccc-6c24)-c2cccc4cccc-3c24)ccn1. The quantitative estimate of drug-likeness (QED) is 0.134. The van der Waals surface area contributed by atoms with Gasteiger partial charge >= 0.3 is 0 Å². The minimum Gasteiger partial charge on any atom is -0.361 e. The molecule has 250 valence electrons. The number of nitrogens with zero attached hydrogens (tertiary/aromatic N) is 3. The van der Waals surface area contributed by atoms with E-state index in [1.807, 2.05) is 24.3 Å². The molecule has 0 saturated heterocycles. The highest BCUT2D eigenvalue weighted by Gasteiger charge is 2.30. The van der Waals surface area contributed by atoms with Gasteiger partial charge in [0.25, 0.3) is 5.82 Å². The maximum Gasteiger partial charge on any atom is 0.270 e. The fourth-order valence-electron chi connectivity index (χ4n) is 9.93. The molecule has 1 heterocycles. The van der Waals surface area contributed by atoms with Crippen LogP contribution in [0.5, 0.6) is 0 Å². The van der Waals surface area contributed by atoms with Gasteiger partial charge in [-0.25, -0.2) is 0 Å². The first-order chi connectivity index (χ1) is 27.1. The third-order valence-electron chi connectivity index (χ3n) is 12.1. The Morgan fingerprint density at radius 2 is 1.04 bits per heavy atom. The first-order valence-electron chi connectivity index (χ1n) is 18.5. The van der Waals surface area contributed by atoms with Crippen LogP contribution < -0.4 is 0 Å². The Balaban J connectivity index is 1.24. The fraction of sp³-hybridized carbons (Fsp3) is 0.0192. The number of fused-ring (bicyclic) bond motifs is 11. The minimum absolute atomic E-state index is 0.388. The summed E-state index contributed by atoms with van der Waals surface area (Å²) in [5, 5.41) is 21.9. The second-order valence-electron chi connectivity index (χ2n) is 14.8. The van der Waals surface area contributed by atoms with E-state index in [2.05, 4.69) is 138 Å². The standard InChI is InChI=1S/C52H27N3/c1-28-23-29(27-53)15-16-33(28)50-39-20-18-34-35(43(39)26-45-37-12-4-8-31-10-6-14-41(48(31)37)52(45)50)17-19-38-42(34)25-44-36-11-3-7-30-9-5-13-40(47(30)36)51(44)49(38)32-21-22-55-46(24-32)54-2/h3-26H,1H3. The average Bonchev–Trinajstić information content (AvgIpc) is 3.73. The largest absolute Gasteiger partial charge is 0.361 e. The Hall–Kier alpha value is -7.59. The predicted molar refractivity (Wildman–Crippen MR) is 227 cm³/mol. The summed E-state index contributed by atoms with van der Waals surface area (Å²) >= 11 is 0. The Morgan fingerprint density at radius 1 is 0.491 bits per heavy atom. The molecular weight excluding hydrogens is 667 g/mol. The van der Waals surface area contributed by atoms with Gasteiger partial charge in [-0.3, -0.25) is 0 Å².